The Labute approximate surface area is 64.9 Å². The third kappa shape index (κ3) is 1.11. The van der Waals surface area contributed by atoms with Crippen molar-refractivity contribution in [2.75, 3.05) is 0 Å². The summed E-state index contributed by atoms with van der Waals surface area (Å²) in [4.78, 5) is 0. The van der Waals surface area contributed by atoms with E-state index in [0.29, 0.717) is 0 Å². The van der Waals surface area contributed by atoms with Crippen molar-refractivity contribution in [1.82, 2.24) is 0 Å². The molecule has 0 aromatic heterocycles. The van der Waals surface area contributed by atoms with Crippen LogP contribution in [0.15, 0.2) is 42.0 Å². The van der Waals surface area contributed by atoms with Crippen molar-refractivity contribution in [3.8, 4) is 5.75 Å². The van der Waals surface area contributed by atoms with E-state index in [1.807, 2.05) is 30.3 Å². The summed E-state index contributed by atoms with van der Waals surface area (Å²) in [6.07, 6.45) is 3.35. The second kappa shape index (κ2) is 2.51. The summed E-state index contributed by atoms with van der Waals surface area (Å²) in [5.41, 5.74) is 6.63. The molecule has 1 aliphatic heterocycles. The molecule has 0 amide bonds. The molecule has 0 saturated carbocycles. The van der Waals surface area contributed by atoms with Crippen LogP contribution in [0.25, 0.3) is 6.08 Å². The van der Waals surface area contributed by atoms with Gasteiger partial charge < -0.3 is 4.74 Å². The van der Waals surface area contributed by atoms with E-state index in [0.717, 1.165) is 11.3 Å². The monoisotopic (exact) mass is 142 g/mol. The lowest BCUT2D eigenvalue weighted by Gasteiger charge is -2.00. The Morgan fingerprint density at radius 2 is 2.00 bits per heavy atom. The van der Waals surface area contributed by atoms with Crippen LogP contribution in [0.4, 0.5) is 0 Å². The third-order valence-corrected chi connectivity index (χ3v) is 1.47. The highest BCUT2D eigenvalue weighted by Gasteiger charge is 1.97. The van der Waals surface area contributed by atoms with Gasteiger partial charge in [-0.3, -0.25) is 0 Å². The molecule has 1 aromatic rings. The van der Waals surface area contributed by atoms with Gasteiger partial charge in [0.05, 0.1) is 0 Å². The summed E-state index contributed by atoms with van der Waals surface area (Å²) in [7, 11) is 0. The van der Waals surface area contributed by atoms with Crippen molar-refractivity contribution in [3.05, 3.63) is 47.6 Å². The molecule has 1 heteroatoms. The number of para-hydroxylation sites is 1. The minimum Gasteiger partial charge on any atom is -0.455 e. The van der Waals surface area contributed by atoms with E-state index in [9.17, 15) is 0 Å². The van der Waals surface area contributed by atoms with Gasteiger partial charge in [0.2, 0.25) is 0 Å². The van der Waals surface area contributed by atoms with Crippen LogP contribution in [-0.4, -0.2) is 0 Å². The van der Waals surface area contributed by atoms with Gasteiger partial charge in [-0.05, 0) is 17.9 Å². The number of benzene rings is 1. The van der Waals surface area contributed by atoms with Crippen molar-refractivity contribution in [1.29, 1.82) is 0 Å². The number of hydrogen-bond donors (Lipinski definition) is 0. The van der Waals surface area contributed by atoms with Crippen molar-refractivity contribution >= 4 is 6.08 Å². The lowest BCUT2D eigenvalue weighted by molar-refractivity contribution is 0.482. The molecule has 1 aliphatic rings. The lowest BCUT2D eigenvalue weighted by atomic mass is 10.2. The van der Waals surface area contributed by atoms with Crippen LogP contribution in [0.1, 0.15) is 5.56 Å². The van der Waals surface area contributed by atoms with Gasteiger partial charge in [-0.2, -0.15) is 0 Å². The van der Waals surface area contributed by atoms with Crippen LogP contribution in [-0.2, 0) is 0 Å². The number of hydrogen-bond acceptors (Lipinski definition) is 1. The highest BCUT2D eigenvalue weighted by atomic mass is 16.5. The Morgan fingerprint density at radius 3 is 3.00 bits per heavy atom. The second-order valence-corrected chi connectivity index (χ2v) is 2.21. The van der Waals surface area contributed by atoms with Gasteiger partial charge >= 0.3 is 0 Å². The van der Waals surface area contributed by atoms with Crippen LogP contribution in [0.5, 0.6) is 5.75 Å². The fourth-order valence-electron chi connectivity index (χ4n) is 0.953. The van der Waals surface area contributed by atoms with E-state index in [-0.39, 0.29) is 0 Å². The minimum absolute atomic E-state index is 0.852. The summed E-state index contributed by atoms with van der Waals surface area (Å²) in [5, 5.41) is 0. The molecule has 1 nitrogen and oxygen atoms in total. The molecule has 1 heterocycles. The predicted molar refractivity (Wildman–Crippen MR) is 43.1 cm³/mol. The Bertz CT molecular complexity index is 364. The SMILES string of the molecule is C1=C=Cc2ccccc2OC=1. The maximum absolute atomic E-state index is 5.22. The van der Waals surface area contributed by atoms with Crippen molar-refractivity contribution in [2.45, 2.75) is 0 Å². The molecular formula is C10H6O. The Balaban J connectivity index is 2.63. The predicted octanol–water partition coefficient (Wildman–Crippen LogP) is 2.36. The average molecular weight is 142 g/mol. The largest absolute Gasteiger partial charge is 0.455 e. The number of rotatable bonds is 0. The highest BCUT2D eigenvalue weighted by Crippen LogP contribution is 2.19. The fraction of sp³-hybridized carbons (Fsp3) is 0. The summed E-state index contributed by atoms with van der Waals surface area (Å²) in [6.45, 7) is 0. The second-order valence-electron chi connectivity index (χ2n) is 2.21. The minimum atomic E-state index is 0.852. The topological polar surface area (TPSA) is 9.23 Å². The maximum Gasteiger partial charge on any atom is 0.141 e. The fourth-order valence-corrected chi connectivity index (χ4v) is 0.953. The molecule has 0 saturated heterocycles. The molecule has 0 aliphatic carbocycles. The van der Waals surface area contributed by atoms with E-state index in [4.69, 9.17) is 4.74 Å². The zero-order valence-electron chi connectivity index (χ0n) is 5.87. The molecule has 1 aromatic carbocycles. The normalized spacial score (nSPS) is 12.0. The van der Waals surface area contributed by atoms with Crippen molar-refractivity contribution < 1.29 is 4.74 Å². The first kappa shape index (κ1) is 6.06. The molecule has 0 atom stereocenters. The van der Waals surface area contributed by atoms with E-state index >= 15 is 0 Å². The Hall–Kier alpha value is -1.68. The van der Waals surface area contributed by atoms with Crippen LogP contribution < -0.4 is 4.74 Å². The molecular weight excluding hydrogens is 136 g/mol. The molecule has 0 bridgehead atoms. The standard InChI is InChI=1S/C10H6O/c1-2-7-10-9(5-1)6-3-4-8-11-10/h1-2,5-8H. The quantitative estimate of drug-likeness (QED) is 0.505. The summed E-state index contributed by atoms with van der Waals surface area (Å²) >= 11 is 0. The zero-order chi connectivity index (χ0) is 7.52. The van der Waals surface area contributed by atoms with E-state index in [1.165, 1.54) is 6.26 Å². The van der Waals surface area contributed by atoms with E-state index < -0.39 is 0 Å². The summed E-state index contributed by atoms with van der Waals surface area (Å²) in [5.74, 6) is 0.852. The highest BCUT2D eigenvalue weighted by molar-refractivity contribution is 5.57. The Morgan fingerprint density at radius 1 is 1.09 bits per heavy atom. The van der Waals surface area contributed by atoms with Gasteiger partial charge in [-0.1, -0.05) is 23.9 Å². The molecule has 0 N–H and O–H groups in total. The third-order valence-electron chi connectivity index (χ3n) is 1.47. The van der Waals surface area contributed by atoms with Crippen molar-refractivity contribution in [3.63, 3.8) is 0 Å². The van der Waals surface area contributed by atoms with Crippen LogP contribution in [0.3, 0.4) is 0 Å². The first-order valence-corrected chi connectivity index (χ1v) is 3.38. The van der Waals surface area contributed by atoms with Gasteiger partial charge in [0, 0.05) is 5.56 Å². The van der Waals surface area contributed by atoms with E-state index in [2.05, 4.69) is 11.5 Å². The average Bonchev–Trinajstić information content (AvgIpc) is 2.28. The molecule has 2 rings (SSSR count). The van der Waals surface area contributed by atoms with Gasteiger partial charge in [0.25, 0.3) is 0 Å². The van der Waals surface area contributed by atoms with Gasteiger partial charge in [-0.25, -0.2) is 0 Å². The lowest BCUT2D eigenvalue weighted by Crippen LogP contribution is -1.82. The molecule has 0 fully saturated rings. The van der Waals surface area contributed by atoms with Gasteiger partial charge in [0.15, 0.2) is 0 Å². The van der Waals surface area contributed by atoms with E-state index in [1.54, 1.807) is 0 Å². The van der Waals surface area contributed by atoms with Gasteiger partial charge in [0.1, 0.15) is 12.0 Å². The zero-order valence-corrected chi connectivity index (χ0v) is 5.87. The Kier molecular flexibility index (Phi) is 1.38. The number of ether oxygens (including phenoxy) is 1. The number of fused-ring (bicyclic) bond motifs is 1. The summed E-state index contributed by atoms with van der Waals surface area (Å²) in [6, 6.07) is 7.79. The first-order chi connectivity index (χ1) is 5.47. The molecule has 52 valence electrons. The summed E-state index contributed by atoms with van der Waals surface area (Å²) < 4.78 is 5.22. The maximum atomic E-state index is 5.22. The molecule has 0 unspecified atom stereocenters. The van der Waals surface area contributed by atoms with Crippen LogP contribution >= 0.6 is 0 Å². The van der Waals surface area contributed by atoms with Crippen molar-refractivity contribution in [2.24, 2.45) is 0 Å². The first-order valence-electron chi connectivity index (χ1n) is 3.38. The van der Waals surface area contributed by atoms with Crippen LogP contribution in [0.2, 0.25) is 0 Å². The van der Waals surface area contributed by atoms with Gasteiger partial charge in [-0.15, -0.1) is 0 Å². The molecule has 0 radical (unpaired) electrons. The molecule has 0 spiro atoms. The molecule has 11 heavy (non-hydrogen) atoms. The van der Waals surface area contributed by atoms with Crippen LogP contribution in [0, 0.1) is 0 Å². The smallest absolute Gasteiger partial charge is 0.141 e.